The van der Waals surface area contributed by atoms with Crippen LogP contribution in [0.1, 0.15) is 91.2 Å². The second-order valence-electron chi connectivity index (χ2n) is 16.4. The second-order valence-corrected chi connectivity index (χ2v) is 16.4. The molecule has 316 valence electrons. The summed E-state index contributed by atoms with van der Waals surface area (Å²) in [6.45, 7) is 12.4. The molecule has 0 spiro atoms. The number of hydrogen-bond acceptors (Lipinski definition) is 8. The summed E-state index contributed by atoms with van der Waals surface area (Å²) in [7, 11) is 2.94. The number of rotatable bonds is 17. The van der Waals surface area contributed by atoms with E-state index in [-0.39, 0.29) is 43.7 Å². The molecule has 2 aliphatic rings. The van der Waals surface area contributed by atoms with Crippen molar-refractivity contribution in [3.8, 4) is 11.1 Å². The van der Waals surface area contributed by atoms with Crippen LogP contribution in [0.3, 0.4) is 0 Å². The Morgan fingerprint density at radius 3 is 1.84 bits per heavy atom. The van der Waals surface area contributed by atoms with Gasteiger partial charge in [-0.25, -0.2) is 9.59 Å². The summed E-state index contributed by atoms with van der Waals surface area (Å²) in [5.74, 6) is -4.23. The monoisotopic (exact) mass is 804 g/mol. The molecule has 2 aromatic rings. The number of nitrogens with one attached hydrogen (secondary N) is 3. The fourth-order valence-corrected chi connectivity index (χ4v) is 7.61. The molecular formula is C43H60N6O9. The van der Waals surface area contributed by atoms with Gasteiger partial charge < -0.3 is 35.6 Å². The van der Waals surface area contributed by atoms with Gasteiger partial charge in [-0.3, -0.25) is 28.9 Å². The molecule has 1 unspecified atom stereocenters. The Morgan fingerprint density at radius 2 is 1.29 bits per heavy atom. The molecule has 1 aliphatic carbocycles. The van der Waals surface area contributed by atoms with Crippen LogP contribution in [-0.4, -0.2) is 125 Å². The van der Waals surface area contributed by atoms with Crippen molar-refractivity contribution in [2.75, 3.05) is 27.2 Å². The molecule has 58 heavy (non-hydrogen) atoms. The van der Waals surface area contributed by atoms with E-state index in [1.54, 1.807) is 6.92 Å². The first-order valence-corrected chi connectivity index (χ1v) is 20.1. The predicted octanol–water partition coefficient (Wildman–Crippen LogP) is 3.74. The molecule has 15 nitrogen and oxygen atoms in total. The number of ether oxygens (including phenoxy) is 1. The molecule has 1 saturated heterocycles. The minimum absolute atomic E-state index is 0.0325. The van der Waals surface area contributed by atoms with Crippen LogP contribution in [0, 0.1) is 11.8 Å². The van der Waals surface area contributed by atoms with Crippen molar-refractivity contribution in [2.45, 2.75) is 116 Å². The molecule has 1 aliphatic heterocycles. The van der Waals surface area contributed by atoms with Gasteiger partial charge in [0.15, 0.2) is 0 Å². The number of amides is 6. The van der Waals surface area contributed by atoms with Gasteiger partial charge in [0.25, 0.3) is 0 Å². The fourth-order valence-electron chi connectivity index (χ4n) is 7.61. The van der Waals surface area contributed by atoms with E-state index in [4.69, 9.17) is 4.74 Å². The van der Waals surface area contributed by atoms with E-state index in [9.17, 15) is 38.7 Å². The van der Waals surface area contributed by atoms with Gasteiger partial charge in [-0.15, -0.1) is 0 Å². The molecule has 0 bridgehead atoms. The third kappa shape index (κ3) is 10.7. The van der Waals surface area contributed by atoms with Gasteiger partial charge in [0, 0.05) is 26.6 Å². The second kappa shape index (κ2) is 19.8. The minimum atomic E-state index is -1.11. The lowest BCUT2D eigenvalue weighted by Crippen LogP contribution is -2.59. The Labute approximate surface area is 341 Å². The van der Waals surface area contributed by atoms with Gasteiger partial charge in [-0.05, 0) is 80.5 Å². The summed E-state index contributed by atoms with van der Waals surface area (Å²) in [4.78, 5) is 96.2. The highest BCUT2D eigenvalue weighted by atomic mass is 16.6. The highest BCUT2D eigenvalue weighted by Crippen LogP contribution is 2.44. The summed E-state index contributed by atoms with van der Waals surface area (Å²) in [6.07, 6.45) is 0.664. The zero-order valence-corrected chi connectivity index (χ0v) is 35.1. The van der Waals surface area contributed by atoms with Gasteiger partial charge in [-0.2, -0.15) is 0 Å². The van der Waals surface area contributed by atoms with E-state index in [1.807, 2.05) is 76.2 Å². The number of hydrogen-bond donors (Lipinski definition) is 4. The number of nitrogens with zero attached hydrogens (tertiary/aromatic N) is 3. The van der Waals surface area contributed by atoms with Crippen LogP contribution in [0.4, 0.5) is 4.79 Å². The predicted molar refractivity (Wildman–Crippen MR) is 217 cm³/mol. The van der Waals surface area contributed by atoms with Crippen LogP contribution in [0.25, 0.3) is 11.1 Å². The highest BCUT2D eigenvalue weighted by Gasteiger charge is 2.38. The van der Waals surface area contributed by atoms with Gasteiger partial charge >= 0.3 is 12.1 Å². The number of fused-ring (bicyclic) bond motifs is 3. The van der Waals surface area contributed by atoms with Crippen LogP contribution in [0.15, 0.2) is 48.5 Å². The van der Waals surface area contributed by atoms with Gasteiger partial charge in [0.1, 0.15) is 42.9 Å². The SMILES string of the molecule is CC(C)C[C@H](NC(=O)[C@H](C)N(C)C(=O)OCC1c2ccccc2-c2ccccc21)C(=O)N(C)[C@@H](CC(C)C)C(=O)N[C@@H](C)C(=O)N[C@@H](C)C(=O)N1CCCC1C(=O)O. The maximum Gasteiger partial charge on any atom is 0.410 e. The van der Waals surface area contributed by atoms with E-state index in [2.05, 4.69) is 16.0 Å². The zero-order valence-electron chi connectivity index (χ0n) is 35.1. The van der Waals surface area contributed by atoms with Crippen molar-refractivity contribution in [1.29, 1.82) is 0 Å². The smallest absolute Gasteiger partial charge is 0.410 e. The third-order valence-corrected chi connectivity index (χ3v) is 11.0. The minimum Gasteiger partial charge on any atom is -0.480 e. The molecule has 6 atom stereocenters. The normalized spacial score (nSPS) is 17.3. The number of carbonyl (C=O) groups excluding carboxylic acids is 6. The Hall–Kier alpha value is -5.47. The topological polar surface area (TPSA) is 195 Å². The molecule has 1 heterocycles. The van der Waals surface area contributed by atoms with Gasteiger partial charge in [0.2, 0.25) is 29.5 Å². The molecule has 0 radical (unpaired) electrons. The molecule has 15 heteroatoms. The summed E-state index contributed by atoms with van der Waals surface area (Å²) < 4.78 is 5.76. The maximum absolute atomic E-state index is 14.1. The van der Waals surface area contributed by atoms with Crippen LogP contribution < -0.4 is 16.0 Å². The lowest BCUT2D eigenvalue weighted by molar-refractivity contribution is -0.149. The van der Waals surface area contributed by atoms with E-state index >= 15 is 0 Å². The molecule has 1 fully saturated rings. The Balaban J connectivity index is 1.38. The average Bonchev–Trinajstić information content (AvgIpc) is 3.80. The van der Waals surface area contributed by atoms with Crippen LogP contribution in [0.5, 0.6) is 0 Å². The summed E-state index contributed by atoms with van der Waals surface area (Å²) >= 11 is 0. The number of aliphatic carboxylic acids is 1. The van der Waals surface area contributed by atoms with Gasteiger partial charge in [-0.1, -0.05) is 76.2 Å². The van der Waals surface area contributed by atoms with Crippen LogP contribution in [-0.2, 0) is 33.5 Å². The standard InChI is InChI=1S/C43H60N6O9/c1-24(2)21-34(46-38(51)28(7)47(8)43(57)58-23-33-31-17-12-10-15-29(31)30-16-11-13-18-32(30)33)41(54)48(9)36(22-25(3)4)39(52)44-26(5)37(50)45-27(6)40(53)49-20-14-19-35(49)42(55)56/h10-13,15-18,24-28,33-36H,14,19-23H2,1-9H3,(H,44,52)(H,45,50)(H,46,51)(H,55,56)/t26-,27-,28-,34-,35?,36-/m0/s1. The molecule has 4 N–H and O–H groups in total. The molecule has 0 saturated carbocycles. The average molecular weight is 805 g/mol. The third-order valence-electron chi connectivity index (χ3n) is 11.0. The van der Waals surface area contributed by atoms with E-state index in [1.165, 1.54) is 42.6 Å². The van der Waals surface area contributed by atoms with Crippen LogP contribution >= 0.6 is 0 Å². The Bertz CT molecular complexity index is 1800. The zero-order chi connectivity index (χ0) is 43.0. The Kier molecular flexibility index (Phi) is 15.4. The Morgan fingerprint density at radius 1 is 0.741 bits per heavy atom. The number of likely N-dealkylation sites (N-methyl/N-ethyl adjacent to an activating group) is 2. The highest BCUT2D eigenvalue weighted by molar-refractivity contribution is 5.96. The lowest BCUT2D eigenvalue weighted by Gasteiger charge is -2.34. The first kappa shape index (κ1) is 45.2. The number of likely N-dealkylation sites (tertiary alicyclic amines) is 1. The first-order valence-electron chi connectivity index (χ1n) is 20.1. The van der Waals surface area contributed by atoms with Gasteiger partial charge in [0.05, 0.1) is 0 Å². The molecule has 2 aromatic carbocycles. The van der Waals surface area contributed by atoms with E-state index in [0.29, 0.717) is 12.8 Å². The molecular weight excluding hydrogens is 745 g/mol. The van der Waals surface area contributed by atoms with Crippen molar-refractivity contribution in [3.05, 3.63) is 59.7 Å². The summed E-state index contributed by atoms with van der Waals surface area (Å²) in [5, 5.41) is 17.5. The number of carboxylic acid groups (broad SMARTS) is 1. The molecule has 0 aromatic heterocycles. The fraction of sp³-hybridized carbons (Fsp3) is 0.558. The van der Waals surface area contributed by atoms with E-state index in [0.717, 1.165) is 22.3 Å². The van der Waals surface area contributed by atoms with Crippen molar-refractivity contribution in [1.82, 2.24) is 30.7 Å². The van der Waals surface area contributed by atoms with Crippen molar-refractivity contribution < 1.29 is 43.4 Å². The van der Waals surface area contributed by atoms with E-state index < -0.39 is 77.8 Å². The molecule has 6 amide bonds. The molecule has 4 rings (SSSR count). The lowest BCUT2D eigenvalue weighted by atomic mass is 9.98. The maximum atomic E-state index is 14.1. The van der Waals surface area contributed by atoms with Crippen LogP contribution in [0.2, 0.25) is 0 Å². The number of benzene rings is 2. The number of carbonyl (C=O) groups is 7. The largest absolute Gasteiger partial charge is 0.480 e. The quantitative estimate of drug-likeness (QED) is 0.184. The summed E-state index contributed by atoms with van der Waals surface area (Å²) in [5.41, 5.74) is 4.30. The van der Waals surface area contributed by atoms with Crippen molar-refractivity contribution in [3.63, 3.8) is 0 Å². The van der Waals surface area contributed by atoms with Crippen molar-refractivity contribution >= 4 is 41.6 Å². The number of carboxylic acids is 1. The summed E-state index contributed by atoms with van der Waals surface area (Å²) in [6, 6.07) is 9.81. The van der Waals surface area contributed by atoms with Crippen molar-refractivity contribution in [2.24, 2.45) is 11.8 Å². The first-order chi connectivity index (χ1) is 27.3.